The van der Waals surface area contributed by atoms with Gasteiger partial charge in [-0.2, -0.15) is 0 Å². The van der Waals surface area contributed by atoms with E-state index in [-0.39, 0.29) is 23.6 Å². The van der Waals surface area contributed by atoms with Gasteiger partial charge in [-0.25, -0.2) is 4.79 Å². The Morgan fingerprint density at radius 1 is 0.909 bits per heavy atom. The molecule has 0 saturated heterocycles. The van der Waals surface area contributed by atoms with Crippen molar-refractivity contribution in [2.24, 2.45) is 0 Å². The normalized spacial score (nSPS) is 10.4. The third-order valence-corrected chi connectivity index (χ3v) is 6.35. The lowest BCUT2D eigenvalue weighted by Crippen LogP contribution is -2.30. The highest BCUT2D eigenvalue weighted by Crippen LogP contribution is 2.34. The van der Waals surface area contributed by atoms with Crippen molar-refractivity contribution in [1.82, 2.24) is 5.32 Å². The van der Waals surface area contributed by atoms with Gasteiger partial charge in [-0.3, -0.25) is 9.59 Å². The molecular weight excluding hydrogens is 464 g/mol. The van der Waals surface area contributed by atoms with Crippen molar-refractivity contribution in [3.63, 3.8) is 0 Å². The molecule has 174 valence electrons. The van der Waals surface area contributed by atoms with E-state index >= 15 is 0 Å². The molecule has 10 heteroatoms. The molecule has 2 heterocycles. The fraction of sp³-hybridized carbons (Fsp3) is 0.261. The van der Waals surface area contributed by atoms with Crippen molar-refractivity contribution in [3.05, 3.63) is 62.5 Å². The fourth-order valence-corrected chi connectivity index (χ4v) is 4.37. The molecule has 0 bridgehead atoms. The van der Waals surface area contributed by atoms with Gasteiger partial charge >= 0.3 is 5.97 Å². The van der Waals surface area contributed by atoms with Crippen LogP contribution in [0.25, 0.3) is 0 Å². The minimum atomic E-state index is -0.768. The van der Waals surface area contributed by atoms with E-state index < -0.39 is 18.5 Å². The molecular formula is C23H24N2O6S2. The van der Waals surface area contributed by atoms with Crippen molar-refractivity contribution in [2.75, 3.05) is 32.7 Å². The number of methoxy groups -OCH3 is 2. The molecule has 2 aromatic heterocycles. The number of carbonyl (C=O) groups is 3. The molecule has 0 aliphatic carbocycles. The molecule has 0 unspecified atom stereocenters. The SMILES string of the molecule is COc1cc(NC(=O)Cc2cccs2)c(C(=O)OCC(=O)NCCc2cccs2)cc1OC. The van der Waals surface area contributed by atoms with Gasteiger partial charge in [-0.1, -0.05) is 12.1 Å². The van der Waals surface area contributed by atoms with Gasteiger partial charge in [0.2, 0.25) is 5.91 Å². The first-order chi connectivity index (χ1) is 16.0. The molecule has 33 heavy (non-hydrogen) atoms. The summed E-state index contributed by atoms with van der Waals surface area (Å²) in [4.78, 5) is 39.4. The predicted octanol–water partition coefficient (Wildman–Crippen LogP) is 3.52. The van der Waals surface area contributed by atoms with Gasteiger partial charge in [-0.15, -0.1) is 22.7 Å². The third-order valence-electron chi connectivity index (χ3n) is 4.54. The Labute approximate surface area is 199 Å². The zero-order valence-corrected chi connectivity index (χ0v) is 19.8. The van der Waals surface area contributed by atoms with Crippen LogP contribution in [0.15, 0.2) is 47.2 Å². The summed E-state index contributed by atoms with van der Waals surface area (Å²) in [6.45, 7) is -0.00250. The number of ether oxygens (including phenoxy) is 3. The highest BCUT2D eigenvalue weighted by atomic mass is 32.1. The second-order valence-corrected chi connectivity index (χ2v) is 8.88. The summed E-state index contributed by atoms with van der Waals surface area (Å²) < 4.78 is 15.7. The van der Waals surface area contributed by atoms with Crippen LogP contribution in [0.2, 0.25) is 0 Å². The van der Waals surface area contributed by atoms with E-state index in [0.29, 0.717) is 24.5 Å². The Balaban J connectivity index is 1.65. The highest BCUT2D eigenvalue weighted by molar-refractivity contribution is 7.10. The highest BCUT2D eigenvalue weighted by Gasteiger charge is 2.21. The van der Waals surface area contributed by atoms with E-state index in [9.17, 15) is 14.4 Å². The van der Waals surface area contributed by atoms with Gasteiger partial charge in [0.15, 0.2) is 18.1 Å². The van der Waals surface area contributed by atoms with Crippen LogP contribution >= 0.6 is 22.7 Å². The number of hydrogen-bond donors (Lipinski definition) is 2. The third kappa shape index (κ3) is 7.06. The maximum absolute atomic E-state index is 12.8. The lowest BCUT2D eigenvalue weighted by atomic mass is 10.1. The van der Waals surface area contributed by atoms with E-state index in [2.05, 4.69) is 10.6 Å². The summed E-state index contributed by atoms with van der Waals surface area (Å²) in [5.74, 6) is -0.850. The van der Waals surface area contributed by atoms with Gasteiger partial charge in [0, 0.05) is 28.4 Å². The van der Waals surface area contributed by atoms with Gasteiger partial charge in [0.1, 0.15) is 0 Å². The fourth-order valence-electron chi connectivity index (χ4n) is 2.96. The van der Waals surface area contributed by atoms with Crippen LogP contribution in [0, 0.1) is 0 Å². The van der Waals surface area contributed by atoms with Gasteiger partial charge in [-0.05, 0) is 29.3 Å². The molecule has 2 N–H and O–H groups in total. The molecule has 0 saturated carbocycles. The summed E-state index contributed by atoms with van der Waals surface area (Å²) in [5.41, 5.74) is 0.260. The average molecular weight is 489 g/mol. The van der Waals surface area contributed by atoms with E-state index in [0.717, 1.165) is 9.75 Å². The van der Waals surface area contributed by atoms with Crippen molar-refractivity contribution in [2.45, 2.75) is 12.8 Å². The molecule has 8 nitrogen and oxygen atoms in total. The average Bonchev–Trinajstić information content (AvgIpc) is 3.51. The van der Waals surface area contributed by atoms with Crippen LogP contribution in [0.5, 0.6) is 11.5 Å². The van der Waals surface area contributed by atoms with Gasteiger partial charge < -0.3 is 24.8 Å². The number of anilines is 1. The van der Waals surface area contributed by atoms with Crippen LogP contribution in [0.1, 0.15) is 20.1 Å². The Hall–Kier alpha value is -3.37. The number of amides is 2. The number of hydrogen-bond acceptors (Lipinski definition) is 8. The Kier molecular flexibility index (Phi) is 8.85. The number of esters is 1. The predicted molar refractivity (Wildman–Crippen MR) is 128 cm³/mol. The summed E-state index contributed by atoms with van der Waals surface area (Å²) in [5, 5.41) is 9.30. The van der Waals surface area contributed by atoms with E-state index in [1.807, 2.05) is 35.0 Å². The van der Waals surface area contributed by atoms with Gasteiger partial charge in [0.05, 0.1) is 31.9 Å². The van der Waals surface area contributed by atoms with Crippen LogP contribution in [-0.2, 0) is 27.2 Å². The molecule has 0 spiro atoms. The first kappa shape index (κ1) is 24.3. The zero-order valence-electron chi connectivity index (χ0n) is 18.2. The summed E-state index contributed by atoms with van der Waals surface area (Å²) in [6.07, 6.45) is 0.862. The second-order valence-electron chi connectivity index (χ2n) is 6.81. The van der Waals surface area contributed by atoms with Crippen LogP contribution in [0.3, 0.4) is 0 Å². The Bertz CT molecular complexity index is 1080. The van der Waals surface area contributed by atoms with Crippen LogP contribution in [-0.4, -0.2) is 45.2 Å². The Morgan fingerprint density at radius 2 is 1.58 bits per heavy atom. The maximum atomic E-state index is 12.8. The molecule has 0 radical (unpaired) electrons. The topological polar surface area (TPSA) is 103 Å². The van der Waals surface area contributed by atoms with Crippen molar-refractivity contribution >= 4 is 46.1 Å². The number of thiophene rings is 2. The first-order valence-corrected chi connectivity index (χ1v) is 11.8. The number of carbonyl (C=O) groups excluding carboxylic acids is 3. The van der Waals surface area contributed by atoms with E-state index in [4.69, 9.17) is 14.2 Å². The van der Waals surface area contributed by atoms with Crippen molar-refractivity contribution < 1.29 is 28.6 Å². The molecule has 1 aromatic carbocycles. The number of nitrogens with one attached hydrogen (secondary N) is 2. The van der Waals surface area contributed by atoms with Crippen LogP contribution in [0.4, 0.5) is 5.69 Å². The lowest BCUT2D eigenvalue weighted by molar-refractivity contribution is -0.124. The molecule has 0 fully saturated rings. The van der Waals surface area contributed by atoms with E-state index in [1.54, 1.807) is 11.3 Å². The van der Waals surface area contributed by atoms with Crippen LogP contribution < -0.4 is 20.1 Å². The standard InChI is InChI=1S/C23H24N2O6S2/c1-29-19-12-17(23(28)31-14-22(27)24-8-7-15-5-3-9-32-15)18(13-20(19)30-2)25-21(26)11-16-6-4-10-33-16/h3-6,9-10,12-13H,7-8,11,14H2,1-2H3,(H,24,27)(H,25,26). The summed E-state index contributed by atoms with van der Waals surface area (Å²) in [7, 11) is 2.89. The van der Waals surface area contributed by atoms with E-state index in [1.165, 1.54) is 37.7 Å². The molecule has 0 aliphatic rings. The smallest absolute Gasteiger partial charge is 0.340 e. The number of benzene rings is 1. The minimum absolute atomic E-state index is 0.0542. The molecule has 2 amide bonds. The molecule has 3 rings (SSSR count). The quantitative estimate of drug-likeness (QED) is 0.401. The molecule has 3 aromatic rings. The summed E-state index contributed by atoms with van der Waals surface area (Å²) in [6, 6.07) is 10.5. The first-order valence-electron chi connectivity index (χ1n) is 10.0. The maximum Gasteiger partial charge on any atom is 0.340 e. The second kappa shape index (κ2) is 12.0. The largest absolute Gasteiger partial charge is 0.493 e. The molecule has 0 atom stereocenters. The monoisotopic (exact) mass is 488 g/mol. The number of rotatable bonds is 11. The van der Waals surface area contributed by atoms with Crippen molar-refractivity contribution in [3.8, 4) is 11.5 Å². The zero-order chi connectivity index (χ0) is 23.6. The summed E-state index contributed by atoms with van der Waals surface area (Å²) >= 11 is 3.07. The van der Waals surface area contributed by atoms with Crippen molar-refractivity contribution in [1.29, 1.82) is 0 Å². The molecule has 0 aliphatic heterocycles. The van der Waals surface area contributed by atoms with Gasteiger partial charge in [0.25, 0.3) is 5.91 Å². The lowest BCUT2D eigenvalue weighted by Gasteiger charge is -2.15. The minimum Gasteiger partial charge on any atom is -0.493 e. The Morgan fingerprint density at radius 3 is 2.21 bits per heavy atom.